The number of hydrogen-bond acceptors (Lipinski definition) is 5. The lowest BCUT2D eigenvalue weighted by molar-refractivity contribution is -0.142. The molecule has 0 radical (unpaired) electrons. The second-order valence-electron chi connectivity index (χ2n) is 8.44. The van der Waals surface area contributed by atoms with Crippen LogP contribution in [0.25, 0.3) is 0 Å². The van der Waals surface area contributed by atoms with Crippen molar-refractivity contribution in [2.45, 2.75) is 38.5 Å². The molecule has 2 aromatic carbocycles. The maximum atomic E-state index is 13.6. The van der Waals surface area contributed by atoms with Crippen molar-refractivity contribution in [3.8, 4) is 0 Å². The Bertz CT molecular complexity index is 1120. The molecule has 6 rings (SSSR count). The zero-order valence-electron chi connectivity index (χ0n) is 17.6. The van der Waals surface area contributed by atoms with Gasteiger partial charge in [0, 0.05) is 17.2 Å². The molecule has 1 unspecified atom stereocenters. The number of amides is 1. The third-order valence-corrected chi connectivity index (χ3v) is 7.36. The number of anilines is 1. The molecule has 1 atom stereocenters. The lowest BCUT2D eigenvalue weighted by atomic mass is 9.52. The molecule has 3 aromatic rings. The molecule has 1 amide bonds. The summed E-state index contributed by atoms with van der Waals surface area (Å²) in [6, 6.07) is 17.0. The van der Waals surface area contributed by atoms with Gasteiger partial charge in [0.2, 0.25) is 5.91 Å². The van der Waals surface area contributed by atoms with E-state index in [2.05, 4.69) is 65.8 Å². The first-order valence-electron chi connectivity index (χ1n) is 10.6. The molecule has 1 aromatic heterocycles. The number of fused-ring (bicyclic) bond motifs is 1. The molecule has 0 fully saturated rings. The van der Waals surface area contributed by atoms with Gasteiger partial charge in [-0.05, 0) is 42.5 Å². The lowest BCUT2D eigenvalue weighted by Gasteiger charge is -2.50. The summed E-state index contributed by atoms with van der Waals surface area (Å²) in [5.74, 6) is -0.119. The summed E-state index contributed by atoms with van der Waals surface area (Å²) in [4.78, 5) is 29.7. The highest BCUT2D eigenvalue weighted by atomic mass is 32.1. The molecule has 1 heterocycles. The number of ether oxygens (including phenoxy) is 1. The fourth-order valence-electron chi connectivity index (χ4n) is 5.23. The number of esters is 1. The van der Waals surface area contributed by atoms with E-state index in [1.807, 2.05) is 0 Å². The summed E-state index contributed by atoms with van der Waals surface area (Å²) in [5.41, 5.74) is 5.20. The van der Waals surface area contributed by atoms with Crippen LogP contribution in [0.4, 0.5) is 5.13 Å². The van der Waals surface area contributed by atoms with Gasteiger partial charge >= 0.3 is 5.97 Å². The van der Waals surface area contributed by atoms with Crippen molar-refractivity contribution < 1.29 is 14.3 Å². The first-order valence-corrected chi connectivity index (χ1v) is 11.5. The second-order valence-corrected chi connectivity index (χ2v) is 9.30. The van der Waals surface area contributed by atoms with Gasteiger partial charge in [-0.2, -0.15) is 0 Å². The van der Waals surface area contributed by atoms with E-state index in [1.165, 1.54) is 33.6 Å². The van der Waals surface area contributed by atoms with Crippen LogP contribution in [0.3, 0.4) is 0 Å². The lowest BCUT2D eigenvalue weighted by Crippen LogP contribution is -2.47. The van der Waals surface area contributed by atoms with Gasteiger partial charge in [0.1, 0.15) is 0 Å². The van der Waals surface area contributed by atoms with Crippen molar-refractivity contribution >= 4 is 28.3 Å². The van der Waals surface area contributed by atoms with Crippen LogP contribution in [0.5, 0.6) is 0 Å². The summed E-state index contributed by atoms with van der Waals surface area (Å²) in [7, 11) is 0. The number of nitrogens with one attached hydrogen (secondary N) is 1. The van der Waals surface area contributed by atoms with Crippen molar-refractivity contribution in [2.24, 2.45) is 5.41 Å². The molecule has 31 heavy (non-hydrogen) atoms. The first-order chi connectivity index (χ1) is 15.0. The normalized spacial score (nSPS) is 23.0. The minimum atomic E-state index is -0.583. The molecule has 3 aliphatic rings. The summed E-state index contributed by atoms with van der Waals surface area (Å²) in [6.07, 6.45) is 0.877. The number of thiazole rings is 1. The van der Waals surface area contributed by atoms with E-state index in [0.717, 1.165) is 6.42 Å². The van der Waals surface area contributed by atoms with E-state index in [-0.39, 0.29) is 30.1 Å². The van der Waals surface area contributed by atoms with Crippen LogP contribution >= 0.6 is 11.3 Å². The first kappa shape index (κ1) is 19.9. The molecule has 3 aliphatic carbocycles. The third-order valence-electron chi connectivity index (χ3n) is 6.55. The van der Waals surface area contributed by atoms with Gasteiger partial charge in [-0.15, -0.1) is 11.3 Å². The molecule has 2 bridgehead atoms. The van der Waals surface area contributed by atoms with E-state index in [1.54, 1.807) is 12.3 Å². The molecule has 158 valence electrons. The fraction of sp³-hybridized carbons (Fsp3) is 0.320. The highest BCUT2D eigenvalue weighted by molar-refractivity contribution is 7.13. The van der Waals surface area contributed by atoms with Crippen molar-refractivity contribution in [1.29, 1.82) is 0 Å². The Kier molecular flexibility index (Phi) is 4.89. The predicted octanol–water partition coefficient (Wildman–Crippen LogP) is 4.87. The van der Waals surface area contributed by atoms with Crippen LogP contribution < -0.4 is 5.32 Å². The molecule has 0 saturated carbocycles. The van der Waals surface area contributed by atoms with Crippen molar-refractivity contribution in [1.82, 2.24) is 4.98 Å². The quantitative estimate of drug-likeness (QED) is 0.584. The van der Waals surface area contributed by atoms with Gasteiger partial charge in [0.05, 0.1) is 24.1 Å². The van der Waals surface area contributed by atoms with Gasteiger partial charge in [0.25, 0.3) is 0 Å². The Balaban J connectivity index is 1.44. The Labute approximate surface area is 185 Å². The maximum Gasteiger partial charge on any atom is 0.311 e. The number of nitrogens with zero attached hydrogens (tertiary/aromatic N) is 1. The molecular formula is C25H24N2O3S. The summed E-state index contributed by atoms with van der Waals surface area (Å²) >= 11 is 1.34. The van der Waals surface area contributed by atoms with E-state index < -0.39 is 5.41 Å². The average molecular weight is 433 g/mol. The third kappa shape index (κ3) is 3.26. The molecule has 0 saturated heterocycles. The van der Waals surface area contributed by atoms with Crippen LogP contribution in [-0.4, -0.2) is 23.5 Å². The molecule has 1 N–H and O–H groups in total. The van der Waals surface area contributed by atoms with Gasteiger partial charge in [-0.3, -0.25) is 9.59 Å². The molecule has 6 heteroatoms. The van der Waals surface area contributed by atoms with Crippen molar-refractivity contribution in [3.05, 3.63) is 81.9 Å². The largest absolute Gasteiger partial charge is 0.466 e. The smallest absolute Gasteiger partial charge is 0.311 e. The van der Waals surface area contributed by atoms with E-state index in [0.29, 0.717) is 17.4 Å². The average Bonchev–Trinajstić information content (AvgIpc) is 3.20. The van der Waals surface area contributed by atoms with Crippen molar-refractivity contribution in [2.75, 3.05) is 11.9 Å². The van der Waals surface area contributed by atoms with Crippen molar-refractivity contribution in [3.63, 3.8) is 0 Å². The van der Waals surface area contributed by atoms with Gasteiger partial charge in [-0.1, -0.05) is 48.5 Å². The number of benzene rings is 2. The van der Waals surface area contributed by atoms with Gasteiger partial charge < -0.3 is 10.1 Å². The molecule has 5 nitrogen and oxygen atoms in total. The summed E-state index contributed by atoms with van der Waals surface area (Å²) < 4.78 is 4.99. The minimum Gasteiger partial charge on any atom is -0.466 e. The van der Waals surface area contributed by atoms with Crippen LogP contribution in [0, 0.1) is 5.41 Å². The highest BCUT2D eigenvalue weighted by Crippen LogP contribution is 2.61. The molecular weight excluding hydrogens is 408 g/mol. The second kappa shape index (κ2) is 7.61. The van der Waals surface area contributed by atoms with E-state index >= 15 is 0 Å². The predicted molar refractivity (Wildman–Crippen MR) is 120 cm³/mol. The molecule has 0 aliphatic heterocycles. The Morgan fingerprint density at radius 2 is 1.71 bits per heavy atom. The standard InChI is InChI=1S/C25H24N2O3S/c1-3-30-21(28)12-15-14-31-24(26-15)27-23(29)25(2)13-20-16-8-4-6-10-18(16)22(25)19-11-7-5-9-17(19)20/h4-11,14,20,22H,3,12-13H2,1-2H3,(H,26,27,29). The SMILES string of the molecule is CCOC(=O)Cc1csc(NC(=O)C2(C)CC3c4ccccc4C2c2ccccc23)n1. The van der Waals surface area contributed by atoms with E-state index in [4.69, 9.17) is 4.74 Å². The van der Waals surface area contributed by atoms with Crippen LogP contribution in [0.15, 0.2) is 53.9 Å². The summed E-state index contributed by atoms with van der Waals surface area (Å²) in [6.45, 7) is 4.19. The van der Waals surface area contributed by atoms with Gasteiger partial charge in [0.15, 0.2) is 5.13 Å². The van der Waals surface area contributed by atoms with Crippen LogP contribution in [-0.2, 0) is 20.7 Å². The number of aromatic nitrogens is 1. The minimum absolute atomic E-state index is 0.00358. The number of rotatable bonds is 5. The maximum absolute atomic E-state index is 13.6. The molecule has 0 spiro atoms. The Morgan fingerprint density at radius 1 is 1.10 bits per heavy atom. The zero-order chi connectivity index (χ0) is 21.6. The zero-order valence-corrected chi connectivity index (χ0v) is 18.4. The monoisotopic (exact) mass is 432 g/mol. The fourth-order valence-corrected chi connectivity index (χ4v) is 5.94. The Morgan fingerprint density at radius 3 is 2.32 bits per heavy atom. The number of hydrogen-bond donors (Lipinski definition) is 1. The van der Waals surface area contributed by atoms with Crippen LogP contribution in [0.1, 0.15) is 60.1 Å². The summed E-state index contributed by atoms with van der Waals surface area (Å²) in [5, 5.41) is 5.36. The highest BCUT2D eigenvalue weighted by Gasteiger charge is 2.53. The van der Waals surface area contributed by atoms with Gasteiger partial charge in [-0.25, -0.2) is 4.98 Å². The van der Waals surface area contributed by atoms with E-state index in [9.17, 15) is 9.59 Å². The Hall–Kier alpha value is -2.99. The number of carbonyl (C=O) groups excluding carboxylic acids is 2. The topological polar surface area (TPSA) is 68.3 Å². The van der Waals surface area contributed by atoms with Crippen LogP contribution in [0.2, 0.25) is 0 Å². The number of carbonyl (C=O) groups is 2.